The molecule has 0 amide bonds. The van der Waals surface area contributed by atoms with Crippen LogP contribution in [0.5, 0.6) is 5.75 Å². The highest BCUT2D eigenvalue weighted by molar-refractivity contribution is 5.97. The SMILES string of the molecule is COc1cc(CN2CCCC2CO)ccc1C(=N)N. The van der Waals surface area contributed by atoms with Crippen LogP contribution in [0.3, 0.4) is 0 Å². The normalized spacial score (nSPS) is 19.6. The number of nitrogen functional groups attached to an aromatic ring is 1. The molecule has 0 radical (unpaired) electrons. The highest BCUT2D eigenvalue weighted by Crippen LogP contribution is 2.24. The van der Waals surface area contributed by atoms with Crippen molar-refractivity contribution in [3.8, 4) is 5.75 Å². The van der Waals surface area contributed by atoms with E-state index in [1.807, 2.05) is 18.2 Å². The lowest BCUT2D eigenvalue weighted by Gasteiger charge is -2.23. The van der Waals surface area contributed by atoms with Gasteiger partial charge in [0.15, 0.2) is 0 Å². The number of likely N-dealkylation sites (tertiary alicyclic amines) is 1. The molecule has 1 saturated heterocycles. The molecule has 1 aromatic carbocycles. The molecule has 1 atom stereocenters. The zero-order valence-electron chi connectivity index (χ0n) is 11.2. The van der Waals surface area contributed by atoms with E-state index in [-0.39, 0.29) is 18.5 Å². The first-order valence-electron chi connectivity index (χ1n) is 6.52. The second-order valence-corrected chi connectivity index (χ2v) is 4.90. The Hall–Kier alpha value is -1.59. The van der Waals surface area contributed by atoms with Crippen LogP contribution in [-0.4, -0.2) is 42.1 Å². The van der Waals surface area contributed by atoms with E-state index in [0.29, 0.717) is 11.3 Å². The lowest BCUT2D eigenvalue weighted by atomic mass is 10.1. The van der Waals surface area contributed by atoms with Crippen LogP contribution >= 0.6 is 0 Å². The highest BCUT2D eigenvalue weighted by atomic mass is 16.5. The molecule has 1 aromatic rings. The Bertz CT molecular complexity index is 462. The van der Waals surface area contributed by atoms with E-state index in [0.717, 1.165) is 31.5 Å². The van der Waals surface area contributed by atoms with Crippen molar-refractivity contribution in [1.82, 2.24) is 4.90 Å². The molecule has 0 saturated carbocycles. The van der Waals surface area contributed by atoms with Gasteiger partial charge in [-0.25, -0.2) is 0 Å². The number of methoxy groups -OCH3 is 1. The Morgan fingerprint density at radius 1 is 1.58 bits per heavy atom. The third-order valence-electron chi connectivity index (χ3n) is 3.65. The predicted molar refractivity (Wildman–Crippen MR) is 74.5 cm³/mol. The largest absolute Gasteiger partial charge is 0.496 e. The van der Waals surface area contributed by atoms with E-state index in [1.165, 1.54) is 0 Å². The number of hydrogen-bond acceptors (Lipinski definition) is 4. The Kier molecular flexibility index (Phi) is 4.39. The number of aliphatic hydroxyl groups is 1. The summed E-state index contributed by atoms with van der Waals surface area (Å²) in [5.74, 6) is 0.641. The molecule has 19 heavy (non-hydrogen) atoms. The van der Waals surface area contributed by atoms with Crippen molar-refractivity contribution in [2.45, 2.75) is 25.4 Å². The van der Waals surface area contributed by atoms with Gasteiger partial charge in [0.25, 0.3) is 0 Å². The van der Waals surface area contributed by atoms with Crippen LogP contribution in [0.1, 0.15) is 24.0 Å². The molecule has 2 rings (SSSR count). The molecule has 0 aromatic heterocycles. The molecule has 0 spiro atoms. The third kappa shape index (κ3) is 3.05. The summed E-state index contributed by atoms with van der Waals surface area (Å²) in [6, 6.07) is 5.97. The molecule has 0 bridgehead atoms. The topological polar surface area (TPSA) is 82.6 Å². The number of aliphatic hydroxyl groups excluding tert-OH is 1. The van der Waals surface area contributed by atoms with Gasteiger partial charge in [0.05, 0.1) is 19.3 Å². The second kappa shape index (κ2) is 6.04. The van der Waals surface area contributed by atoms with Gasteiger partial charge in [0, 0.05) is 12.6 Å². The van der Waals surface area contributed by atoms with Gasteiger partial charge in [0.2, 0.25) is 0 Å². The van der Waals surface area contributed by atoms with Gasteiger partial charge in [-0.2, -0.15) is 0 Å². The molecular weight excluding hydrogens is 242 g/mol. The molecule has 5 nitrogen and oxygen atoms in total. The van der Waals surface area contributed by atoms with Crippen molar-refractivity contribution in [2.75, 3.05) is 20.3 Å². The van der Waals surface area contributed by atoms with Gasteiger partial charge < -0.3 is 15.6 Å². The number of amidine groups is 1. The summed E-state index contributed by atoms with van der Waals surface area (Å²) < 4.78 is 5.28. The zero-order chi connectivity index (χ0) is 13.8. The molecule has 0 aliphatic carbocycles. The molecule has 1 unspecified atom stereocenters. The van der Waals surface area contributed by atoms with Crippen LogP contribution in [0.4, 0.5) is 0 Å². The van der Waals surface area contributed by atoms with Crippen molar-refractivity contribution in [2.24, 2.45) is 5.73 Å². The molecule has 1 heterocycles. The maximum atomic E-state index is 9.32. The Balaban J connectivity index is 2.15. The maximum Gasteiger partial charge on any atom is 0.130 e. The third-order valence-corrected chi connectivity index (χ3v) is 3.65. The van der Waals surface area contributed by atoms with Crippen molar-refractivity contribution in [3.05, 3.63) is 29.3 Å². The van der Waals surface area contributed by atoms with Crippen molar-refractivity contribution in [3.63, 3.8) is 0 Å². The van der Waals surface area contributed by atoms with Crippen LogP contribution < -0.4 is 10.5 Å². The number of benzene rings is 1. The van der Waals surface area contributed by atoms with E-state index in [2.05, 4.69) is 4.90 Å². The minimum atomic E-state index is 0.0119. The fourth-order valence-corrected chi connectivity index (χ4v) is 2.60. The first-order valence-corrected chi connectivity index (χ1v) is 6.52. The average molecular weight is 263 g/mol. The van der Waals surface area contributed by atoms with Gasteiger partial charge in [-0.3, -0.25) is 10.3 Å². The Morgan fingerprint density at radius 3 is 3.00 bits per heavy atom. The minimum absolute atomic E-state index is 0.0119. The van der Waals surface area contributed by atoms with E-state index >= 15 is 0 Å². The molecule has 104 valence electrons. The van der Waals surface area contributed by atoms with Gasteiger partial charge in [-0.1, -0.05) is 6.07 Å². The number of rotatable bonds is 5. The van der Waals surface area contributed by atoms with Crippen molar-refractivity contribution < 1.29 is 9.84 Å². The number of nitrogens with one attached hydrogen (secondary N) is 1. The van der Waals surface area contributed by atoms with E-state index in [1.54, 1.807) is 7.11 Å². The summed E-state index contributed by atoms with van der Waals surface area (Å²) in [5, 5.41) is 16.8. The van der Waals surface area contributed by atoms with Crippen molar-refractivity contribution in [1.29, 1.82) is 5.41 Å². The number of hydrogen-bond donors (Lipinski definition) is 3. The summed E-state index contributed by atoms with van der Waals surface area (Å²) in [7, 11) is 1.58. The summed E-state index contributed by atoms with van der Waals surface area (Å²) in [6.07, 6.45) is 2.19. The Labute approximate surface area is 113 Å². The lowest BCUT2D eigenvalue weighted by Crippen LogP contribution is -2.31. The summed E-state index contributed by atoms with van der Waals surface area (Å²) in [5.41, 5.74) is 7.24. The average Bonchev–Trinajstić information content (AvgIpc) is 2.85. The van der Waals surface area contributed by atoms with E-state index < -0.39 is 0 Å². The number of nitrogens with zero attached hydrogens (tertiary/aromatic N) is 1. The van der Waals surface area contributed by atoms with Crippen LogP contribution in [0.25, 0.3) is 0 Å². The molecule has 1 aliphatic heterocycles. The van der Waals surface area contributed by atoms with Crippen LogP contribution in [0, 0.1) is 5.41 Å². The highest BCUT2D eigenvalue weighted by Gasteiger charge is 2.23. The number of ether oxygens (including phenoxy) is 1. The maximum absolute atomic E-state index is 9.32. The van der Waals surface area contributed by atoms with Gasteiger partial charge in [-0.05, 0) is 37.1 Å². The first kappa shape index (κ1) is 13.8. The van der Waals surface area contributed by atoms with Crippen LogP contribution in [0.15, 0.2) is 18.2 Å². The van der Waals surface area contributed by atoms with Gasteiger partial charge in [-0.15, -0.1) is 0 Å². The van der Waals surface area contributed by atoms with Crippen molar-refractivity contribution >= 4 is 5.84 Å². The van der Waals surface area contributed by atoms with Crippen LogP contribution in [-0.2, 0) is 6.54 Å². The van der Waals surface area contributed by atoms with Crippen LogP contribution in [0.2, 0.25) is 0 Å². The van der Waals surface area contributed by atoms with E-state index in [9.17, 15) is 5.11 Å². The fraction of sp³-hybridized carbons (Fsp3) is 0.500. The monoisotopic (exact) mass is 263 g/mol. The van der Waals surface area contributed by atoms with E-state index in [4.69, 9.17) is 15.9 Å². The summed E-state index contributed by atoms with van der Waals surface area (Å²) in [4.78, 5) is 2.28. The zero-order valence-corrected chi connectivity index (χ0v) is 11.2. The molecule has 1 fully saturated rings. The first-order chi connectivity index (χ1) is 9.15. The molecule has 5 heteroatoms. The summed E-state index contributed by atoms with van der Waals surface area (Å²) >= 11 is 0. The predicted octanol–water partition coefficient (Wildman–Crippen LogP) is 0.936. The number of nitrogens with two attached hydrogens (primary N) is 1. The quantitative estimate of drug-likeness (QED) is 0.545. The van der Waals surface area contributed by atoms with Gasteiger partial charge in [0.1, 0.15) is 11.6 Å². The Morgan fingerprint density at radius 2 is 2.37 bits per heavy atom. The fourth-order valence-electron chi connectivity index (χ4n) is 2.60. The van der Waals surface area contributed by atoms with Gasteiger partial charge >= 0.3 is 0 Å². The molecule has 4 N–H and O–H groups in total. The lowest BCUT2D eigenvalue weighted by molar-refractivity contribution is 0.153. The smallest absolute Gasteiger partial charge is 0.130 e. The standard InChI is InChI=1S/C14H21N3O2/c1-19-13-7-10(4-5-12(13)14(15)16)8-17-6-2-3-11(17)9-18/h4-5,7,11,18H,2-3,6,8-9H2,1H3,(H3,15,16). The molecular formula is C14H21N3O2. The minimum Gasteiger partial charge on any atom is -0.496 e. The second-order valence-electron chi connectivity index (χ2n) is 4.90. The molecule has 1 aliphatic rings. The summed E-state index contributed by atoms with van der Waals surface area (Å²) in [6.45, 7) is 2.02.